The van der Waals surface area contributed by atoms with Crippen molar-refractivity contribution in [2.45, 2.75) is 62.8 Å². The zero-order valence-electron chi connectivity index (χ0n) is 11.5. The Morgan fingerprint density at radius 3 is 2.74 bits per heavy atom. The summed E-state index contributed by atoms with van der Waals surface area (Å²) in [5.74, 6) is 0.871. The van der Waals surface area contributed by atoms with Crippen LogP contribution in [0.2, 0.25) is 0 Å². The molecule has 1 saturated heterocycles. The van der Waals surface area contributed by atoms with Crippen LogP contribution in [0.4, 0.5) is 0 Å². The lowest BCUT2D eigenvalue weighted by molar-refractivity contribution is -0.123. The van der Waals surface area contributed by atoms with Crippen LogP contribution >= 0.6 is 12.4 Å². The topological polar surface area (TPSA) is 58.2 Å². The summed E-state index contributed by atoms with van der Waals surface area (Å²) in [6.45, 7) is 2.92. The minimum atomic E-state index is -0.718. The fourth-order valence-electron chi connectivity index (χ4n) is 2.96. The van der Waals surface area contributed by atoms with Crippen molar-refractivity contribution in [1.82, 2.24) is 10.6 Å². The third-order valence-corrected chi connectivity index (χ3v) is 5.75. The van der Waals surface area contributed by atoms with Crippen LogP contribution in [0.3, 0.4) is 0 Å². The average Bonchev–Trinajstić information content (AvgIpc) is 2.92. The quantitative estimate of drug-likeness (QED) is 0.824. The molecule has 0 aromatic rings. The van der Waals surface area contributed by atoms with Crippen molar-refractivity contribution in [2.24, 2.45) is 0 Å². The first kappa shape index (κ1) is 16.9. The lowest BCUT2D eigenvalue weighted by Crippen LogP contribution is -2.47. The highest BCUT2D eigenvalue weighted by Gasteiger charge is 2.29. The normalized spacial score (nSPS) is 32.4. The summed E-state index contributed by atoms with van der Waals surface area (Å²) in [4.78, 5) is 12.0. The molecule has 4 atom stereocenters. The van der Waals surface area contributed by atoms with Crippen molar-refractivity contribution in [3.05, 3.63) is 0 Å². The summed E-state index contributed by atoms with van der Waals surface area (Å²) in [6.07, 6.45) is 6.09. The summed E-state index contributed by atoms with van der Waals surface area (Å²) in [6, 6.07) is 0.233. The molecule has 0 aromatic carbocycles. The van der Waals surface area contributed by atoms with Crippen LogP contribution < -0.4 is 10.6 Å². The molecule has 1 saturated carbocycles. The number of nitrogens with one attached hydrogen (secondary N) is 2. The lowest BCUT2D eigenvalue weighted by Gasteiger charge is -2.29. The number of halogens is 1. The molecule has 4 nitrogen and oxygen atoms in total. The summed E-state index contributed by atoms with van der Waals surface area (Å²) in [5, 5.41) is 6.64. The van der Waals surface area contributed by atoms with E-state index < -0.39 is 10.8 Å². The van der Waals surface area contributed by atoms with Gasteiger partial charge in [-0.25, -0.2) is 0 Å². The Kier molecular flexibility index (Phi) is 7.32. The van der Waals surface area contributed by atoms with Crippen molar-refractivity contribution in [2.75, 3.05) is 12.3 Å². The molecule has 4 unspecified atom stereocenters. The molecule has 19 heavy (non-hydrogen) atoms. The Labute approximate surface area is 124 Å². The van der Waals surface area contributed by atoms with E-state index in [1.54, 1.807) is 0 Å². The predicted octanol–water partition coefficient (Wildman–Crippen LogP) is 1.36. The highest BCUT2D eigenvalue weighted by molar-refractivity contribution is 7.85. The molecule has 1 amide bonds. The minimum absolute atomic E-state index is 0. The van der Waals surface area contributed by atoms with E-state index >= 15 is 0 Å². The minimum Gasteiger partial charge on any atom is -0.352 e. The Bertz CT molecular complexity index is 322. The van der Waals surface area contributed by atoms with Gasteiger partial charge in [0.2, 0.25) is 5.91 Å². The highest BCUT2D eigenvalue weighted by Crippen LogP contribution is 2.23. The summed E-state index contributed by atoms with van der Waals surface area (Å²) in [7, 11) is -0.718. The van der Waals surface area contributed by atoms with Crippen LogP contribution in [0, 0.1) is 0 Å². The third-order valence-electron chi connectivity index (χ3n) is 4.01. The second-order valence-electron chi connectivity index (χ2n) is 5.31. The maximum Gasteiger partial charge on any atom is 0.237 e. The van der Waals surface area contributed by atoms with Gasteiger partial charge in [-0.05, 0) is 38.6 Å². The number of carbonyl (C=O) groups excluding carboxylic acids is 1. The number of carbonyl (C=O) groups is 1. The summed E-state index contributed by atoms with van der Waals surface area (Å²) in [5.41, 5.74) is 0. The predicted molar refractivity (Wildman–Crippen MR) is 81.1 cm³/mol. The Morgan fingerprint density at radius 2 is 2.11 bits per heavy atom. The first-order valence-electron chi connectivity index (χ1n) is 7.11. The van der Waals surface area contributed by atoms with Gasteiger partial charge in [-0.3, -0.25) is 9.00 Å². The molecule has 0 spiro atoms. The fourth-order valence-corrected chi connectivity index (χ4v) is 4.31. The monoisotopic (exact) mass is 308 g/mol. The van der Waals surface area contributed by atoms with Gasteiger partial charge >= 0.3 is 0 Å². The van der Waals surface area contributed by atoms with Crippen molar-refractivity contribution in [3.63, 3.8) is 0 Å². The molecule has 0 bridgehead atoms. The largest absolute Gasteiger partial charge is 0.352 e. The Hall–Kier alpha value is -0.130. The van der Waals surface area contributed by atoms with Crippen molar-refractivity contribution < 1.29 is 9.00 Å². The van der Waals surface area contributed by atoms with E-state index in [0.717, 1.165) is 50.8 Å². The summed E-state index contributed by atoms with van der Waals surface area (Å²) >= 11 is 0. The molecular formula is C13H25ClN2O2S. The SMILES string of the molecule is CCS(=O)C1CCCC(NC(=O)C2CCCN2)C1.Cl. The van der Waals surface area contributed by atoms with Gasteiger partial charge in [-0.1, -0.05) is 13.3 Å². The van der Waals surface area contributed by atoms with Crippen LogP contribution in [0.5, 0.6) is 0 Å². The molecule has 2 fully saturated rings. The number of hydrogen-bond acceptors (Lipinski definition) is 3. The first-order valence-corrected chi connectivity index (χ1v) is 8.50. The van der Waals surface area contributed by atoms with Crippen molar-refractivity contribution in [1.29, 1.82) is 0 Å². The molecule has 2 rings (SSSR count). The molecule has 2 aliphatic rings. The molecule has 0 aromatic heterocycles. The maximum atomic E-state index is 12.0. The first-order chi connectivity index (χ1) is 8.70. The van der Waals surface area contributed by atoms with Gasteiger partial charge in [0, 0.05) is 27.8 Å². The van der Waals surface area contributed by atoms with Crippen LogP contribution in [-0.2, 0) is 15.6 Å². The highest BCUT2D eigenvalue weighted by atomic mass is 35.5. The number of rotatable bonds is 4. The average molecular weight is 309 g/mol. The van der Waals surface area contributed by atoms with E-state index in [-0.39, 0.29) is 35.6 Å². The smallest absolute Gasteiger partial charge is 0.237 e. The molecular weight excluding hydrogens is 284 g/mol. The van der Waals surface area contributed by atoms with E-state index in [1.165, 1.54) is 0 Å². The Morgan fingerprint density at radius 1 is 1.32 bits per heavy atom. The van der Waals surface area contributed by atoms with Gasteiger partial charge in [-0.15, -0.1) is 12.4 Å². The molecule has 1 aliphatic heterocycles. The maximum absolute atomic E-state index is 12.0. The fraction of sp³-hybridized carbons (Fsp3) is 0.923. The Balaban J connectivity index is 0.00000180. The summed E-state index contributed by atoms with van der Waals surface area (Å²) < 4.78 is 11.8. The van der Waals surface area contributed by atoms with Gasteiger partial charge in [0.05, 0.1) is 6.04 Å². The van der Waals surface area contributed by atoms with Gasteiger partial charge in [0.25, 0.3) is 0 Å². The lowest BCUT2D eigenvalue weighted by atomic mass is 9.94. The molecule has 1 aliphatic carbocycles. The van der Waals surface area contributed by atoms with Gasteiger partial charge in [-0.2, -0.15) is 0 Å². The van der Waals surface area contributed by atoms with Gasteiger partial charge in [0.15, 0.2) is 0 Å². The van der Waals surface area contributed by atoms with Gasteiger partial charge in [0.1, 0.15) is 0 Å². The van der Waals surface area contributed by atoms with E-state index in [0.29, 0.717) is 0 Å². The molecule has 112 valence electrons. The molecule has 1 heterocycles. The zero-order valence-corrected chi connectivity index (χ0v) is 13.2. The molecule has 0 radical (unpaired) electrons. The number of amides is 1. The van der Waals surface area contributed by atoms with E-state index in [2.05, 4.69) is 10.6 Å². The van der Waals surface area contributed by atoms with Crippen molar-refractivity contribution in [3.8, 4) is 0 Å². The van der Waals surface area contributed by atoms with E-state index in [9.17, 15) is 9.00 Å². The second kappa shape index (κ2) is 8.22. The van der Waals surface area contributed by atoms with Crippen LogP contribution in [-0.4, -0.2) is 39.7 Å². The van der Waals surface area contributed by atoms with E-state index in [4.69, 9.17) is 0 Å². The zero-order chi connectivity index (χ0) is 13.0. The van der Waals surface area contributed by atoms with E-state index in [1.807, 2.05) is 6.92 Å². The van der Waals surface area contributed by atoms with Crippen LogP contribution in [0.1, 0.15) is 45.4 Å². The third kappa shape index (κ3) is 4.72. The van der Waals surface area contributed by atoms with Crippen LogP contribution in [0.15, 0.2) is 0 Å². The second-order valence-corrected chi connectivity index (χ2v) is 7.32. The van der Waals surface area contributed by atoms with Gasteiger partial charge < -0.3 is 10.6 Å². The molecule has 6 heteroatoms. The molecule has 2 N–H and O–H groups in total. The van der Waals surface area contributed by atoms with Crippen molar-refractivity contribution >= 4 is 29.1 Å². The van der Waals surface area contributed by atoms with Crippen LogP contribution in [0.25, 0.3) is 0 Å². The standard InChI is InChI=1S/C13H24N2O2S.ClH/c1-2-18(17)11-6-3-5-10(9-11)15-13(16)12-7-4-8-14-12;/h10-12,14H,2-9H2,1H3,(H,15,16);1H. The number of hydrogen-bond donors (Lipinski definition) is 2.